The van der Waals surface area contributed by atoms with Crippen LogP contribution in [0.2, 0.25) is 0 Å². The van der Waals surface area contributed by atoms with E-state index < -0.39 is 36.7 Å². The molecule has 0 radical (unpaired) electrons. The number of anilines is 1. The third-order valence-corrected chi connectivity index (χ3v) is 3.06. The van der Waals surface area contributed by atoms with Gasteiger partial charge in [-0.3, -0.25) is 4.79 Å². The van der Waals surface area contributed by atoms with Crippen molar-refractivity contribution < 1.29 is 32.6 Å². The number of carbonyl (C=O) groups is 2. The summed E-state index contributed by atoms with van der Waals surface area (Å²) in [6.45, 7) is 1.19. The highest BCUT2D eigenvalue weighted by molar-refractivity contribution is 5.92. The normalized spacial score (nSPS) is 10.1. The zero-order valence-electron chi connectivity index (χ0n) is 14.0. The number of halogens is 2. The minimum Gasteiger partial charge on any atom is -0.490 e. The molecule has 6 nitrogen and oxygen atoms in total. The van der Waals surface area contributed by atoms with Crippen LogP contribution >= 0.6 is 0 Å². The summed E-state index contributed by atoms with van der Waals surface area (Å²) in [6.07, 6.45) is 0. The van der Waals surface area contributed by atoms with Crippen LogP contribution in [0.5, 0.6) is 11.5 Å². The fraction of sp³-hybridized carbons (Fsp3) is 0.222. The number of para-hydroxylation sites is 2. The standard InChI is InChI=1S/C18H17F2NO5/c1-2-24-15-5-3-4-6-16(15)25-11-18(23)26-10-17(22)21-14-8-7-12(19)9-13(14)20/h3-9H,2,10-11H2,1H3,(H,21,22). The number of nitrogens with one attached hydrogen (secondary N) is 1. The molecule has 2 aromatic carbocycles. The van der Waals surface area contributed by atoms with Gasteiger partial charge in [0, 0.05) is 6.07 Å². The van der Waals surface area contributed by atoms with Gasteiger partial charge in [0.2, 0.25) is 0 Å². The molecule has 0 saturated heterocycles. The Morgan fingerprint density at radius 1 is 1.00 bits per heavy atom. The fourth-order valence-corrected chi connectivity index (χ4v) is 1.95. The molecule has 26 heavy (non-hydrogen) atoms. The first-order valence-corrected chi connectivity index (χ1v) is 7.74. The van der Waals surface area contributed by atoms with Crippen molar-refractivity contribution in [2.45, 2.75) is 6.92 Å². The minimum absolute atomic E-state index is 0.214. The summed E-state index contributed by atoms with van der Waals surface area (Å²) in [6, 6.07) is 9.48. The first kappa shape index (κ1) is 19.2. The van der Waals surface area contributed by atoms with Gasteiger partial charge < -0.3 is 19.5 Å². The van der Waals surface area contributed by atoms with Crippen molar-refractivity contribution in [1.29, 1.82) is 0 Å². The Morgan fingerprint density at radius 3 is 2.35 bits per heavy atom. The number of amides is 1. The average Bonchev–Trinajstić information content (AvgIpc) is 2.62. The predicted molar refractivity (Wildman–Crippen MR) is 89.1 cm³/mol. The van der Waals surface area contributed by atoms with Crippen LogP contribution in [-0.2, 0) is 14.3 Å². The number of rotatable bonds is 8. The minimum atomic E-state index is -0.930. The number of carbonyl (C=O) groups excluding carboxylic acids is 2. The van der Waals surface area contributed by atoms with Gasteiger partial charge in [0.15, 0.2) is 24.7 Å². The second kappa shape index (κ2) is 9.36. The van der Waals surface area contributed by atoms with Gasteiger partial charge in [0.05, 0.1) is 12.3 Å². The van der Waals surface area contributed by atoms with Crippen LogP contribution in [0.1, 0.15) is 6.92 Å². The maximum Gasteiger partial charge on any atom is 0.344 e. The van der Waals surface area contributed by atoms with E-state index in [0.717, 1.165) is 12.1 Å². The second-order valence-electron chi connectivity index (χ2n) is 5.00. The molecule has 2 aromatic rings. The first-order chi connectivity index (χ1) is 12.5. The molecule has 0 atom stereocenters. The third kappa shape index (κ3) is 5.73. The van der Waals surface area contributed by atoms with Crippen molar-refractivity contribution in [1.82, 2.24) is 0 Å². The van der Waals surface area contributed by atoms with Crippen LogP contribution in [-0.4, -0.2) is 31.7 Å². The zero-order chi connectivity index (χ0) is 18.9. The van der Waals surface area contributed by atoms with E-state index in [1.807, 2.05) is 6.92 Å². The average molecular weight is 365 g/mol. The quantitative estimate of drug-likeness (QED) is 0.728. The largest absolute Gasteiger partial charge is 0.490 e. The van der Waals surface area contributed by atoms with Crippen LogP contribution in [0.4, 0.5) is 14.5 Å². The molecule has 138 valence electrons. The van der Waals surface area contributed by atoms with Gasteiger partial charge in [-0.25, -0.2) is 13.6 Å². The summed E-state index contributed by atoms with van der Waals surface area (Å²) in [5.74, 6) is -2.40. The lowest BCUT2D eigenvalue weighted by Gasteiger charge is -2.11. The highest BCUT2D eigenvalue weighted by atomic mass is 19.1. The maximum atomic E-state index is 13.4. The van der Waals surface area contributed by atoms with E-state index in [1.165, 1.54) is 0 Å². The molecule has 2 rings (SSSR count). The fourth-order valence-electron chi connectivity index (χ4n) is 1.95. The van der Waals surface area contributed by atoms with Crippen LogP contribution in [0.25, 0.3) is 0 Å². The van der Waals surface area contributed by atoms with Gasteiger partial charge in [0.25, 0.3) is 5.91 Å². The summed E-state index contributed by atoms with van der Waals surface area (Å²) in [7, 11) is 0. The van der Waals surface area contributed by atoms with E-state index in [2.05, 4.69) is 5.32 Å². The van der Waals surface area contributed by atoms with Gasteiger partial charge in [-0.2, -0.15) is 0 Å². The van der Waals surface area contributed by atoms with E-state index in [-0.39, 0.29) is 5.69 Å². The molecular weight excluding hydrogens is 348 g/mol. The Bertz CT molecular complexity index is 782. The SMILES string of the molecule is CCOc1ccccc1OCC(=O)OCC(=O)Nc1ccc(F)cc1F. The van der Waals surface area contributed by atoms with Crippen molar-refractivity contribution in [2.24, 2.45) is 0 Å². The highest BCUT2D eigenvalue weighted by Gasteiger charge is 2.12. The topological polar surface area (TPSA) is 73.9 Å². The predicted octanol–water partition coefficient (Wildman–Crippen LogP) is 2.92. The number of benzene rings is 2. The van der Waals surface area contributed by atoms with Crippen LogP contribution < -0.4 is 14.8 Å². The van der Waals surface area contributed by atoms with Crippen molar-refractivity contribution in [3.8, 4) is 11.5 Å². The molecule has 0 aromatic heterocycles. The lowest BCUT2D eigenvalue weighted by Crippen LogP contribution is -2.24. The highest BCUT2D eigenvalue weighted by Crippen LogP contribution is 2.26. The molecule has 1 N–H and O–H groups in total. The molecule has 1 amide bonds. The molecule has 0 spiro atoms. The summed E-state index contributed by atoms with van der Waals surface area (Å²) in [5, 5.41) is 2.17. The van der Waals surface area contributed by atoms with Crippen molar-refractivity contribution in [3.63, 3.8) is 0 Å². The Labute approximate surface area is 148 Å². The molecule has 8 heteroatoms. The monoisotopic (exact) mass is 365 g/mol. The summed E-state index contributed by atoms with van der Waals surface area (Å²) < 4.78 is 41.6. The van der Waals surface area contributed by atoms with Gasteiger partial charge in [-0.1, -0.05) is 12.1 Å². The molecule has 0 aliphatic heterocycles. The molecule has 0 unspecified atom stereocenters. The van der Waals surface area contributed by atoms with E-state index in [9.17, 15) is 18.4 Å². The molecule has 0 aliphatic carbocycles. The summed E-state index contributed by atoms with van der Waals surface area (Å²) >= 11 is 0. The number of hydrogen-bond donors (Lipinski definition) is 1. The van der Waals surface area contributed by atoms with Crippen LogP contribution in [0.15, 0.2) is 42.5 Å². The number of ether oxygens (including phenoxy) is 3. The summed E-state index contributed by atoms with van der Waals surface area (Å²) in [4.78, 5) is 23.3. The lowest BCUT2D eigenvalue weighted by atomic mass is 10.3. The molecule has 0 saturated carbocycles. The number of hydrogen-bond acceptors (Lipinski definition) is 5. The van der Waals surface area contributed by atoms with E-state index in [4.69, 9.17) is 14.2 Å². The zero-order valence-corrected chi connectivity index (χ0v) is 14.0. The van der Waals surface area contributed by atoms with Crippen molar-refractivity contribution in [3.05, 3.63) is 54.1 Å². The second-order valence-corrected chi connectivity index (χ2v) is 5.00. The van der Waals surface area contributed by atoms with Crippen LogP contribution in [0.3, 0.4) is 0 Å². The van der Waals surface area contributed by atoms with Crippen molar-refractivity contribution in [2.75, 3.05) is 25.1 Å². The Balaban J connectivity index is 1.79. The van der Waals surface area contributed by atoms with Gasteiger partial charge in [-0.15, -0.1) is 0 Å². The van der Waals surface area contributed by atoms with Gasteiger partial charge in [-0.05, 0) is 31.2 Å². The van der Waals surface area contributed by atoms with E-state index in [0.29, 0.717) is 24.2 Å². The van der Waals surface area contributed by atoms with E-state index >= 15 is 0 Å². The number of esters is 1. The molecule has 0 aliphatic rings. The van der Waals surface area contributed by atoms with Crippen LogP contribution in [0, 0.1) is 11.6 Å². The lowest BCUT2D eigenvalue weighted by molar-refractivity contribution is -0.149. The van der Waals surface area contributed by atoms with Crippen molar-refractivity contribution >= 4 is 17.6 Å². The maximum absolute atomic E-state index is 13.4. The Morgan fingerprint density at radius 2 is 1.69 bits per heavy atom. The third-order valence-electron chi connectivity index (χ3n) is 3.06. The Kier molecular flexibility index (Phi) is 6.90. The first-order valence-electron chi connectivity index (χ1n) is 7.74. The van der Waals surface area contributed by atoms with Gasteiger partial charge in [0.1, 0.15) is 11.6 Å². The molecule has 0 heterocycles. The molecule has 0 bridgehead atoms. The van der Waals surface area contributed by atoms with Gasteiger partial charge >= 0.3 is 5.97 Å². The van der Waals surface area contributed by atoms with E-state index in [1.54, 1.807) is 24.3 Å². The molecular formula is C18H17F2NO5. The molecule has 0 fully saturated rings. The summed E-state index contributed by atoms with van der Waals surface area (Å²) in [5.41, 5.74) is -0.214. The smallest absolute Gasteiger partial charge is 0.344 e. The Hall–Kier alpha value is -3.16.